The molecule has 1 N–H and O–H groups in total. The molecule has 0 saturated heterocycles. The minimum absolute atomic E-state index is 0.0310. The average molecular weight is 251 g/mol. The van der Waals surface area contributed by atoms with Gasteiger partial charge >= 0.3 is 0 Å². The van der Waals surface area contributed by atoms with Gasteiger partial charge in [0.2, 0.25) is 5.89 Å². The van der Waals surface area contributed by atoms with Gasteiger partial charge in [0.25, 0.3) is 0 Å². The van der Waals surface area contributed by atoms with Crippen LogP contribution in [0.4, 0.5) is 0 Å². The molecule has 0 spiro atoms. The van der Waals surface area contributed by atoms with E-state index in [1.54, 1.807) is 0 Å². The Bertz CT molecular complexity index is 381. The SMILES string of the molecule is CNC1CCCCC1Cc1nc(C(C)(C)C)no1. The Kier molecular flexibility index (Phi) is 4.05. The lowest BCUT2D eigenvalue weighted by atomic mass is 9.82. The molecule has 0 aromatic carbocycles. The first-order chi connectivity index (χ1) is 8.50. The van der Waals surface area contributed by atoms with Crippen molar-refractivity contribution in [2.24, 2.45) is 5.92 Å². The molecule has 4 heteroatoms. The quantitative estimate of drug-likeness (QED) is 0.897. The largest absolute Gasteiger partial charge is 0.339 e. The van der Waals surface area contributed by atoms with Crippen LogP contribution in [-0.4, -0.2) is 23.2 Å². The fourth-order valence-electron chi connectivity index (χ4n) is 2.70. The van der Waals surface area contributed by atoms with E-state index >= 15 is 0 Å². The van der Waals surface area contributed by atoms with Gasteiger partial charge in [-0.2, -0.15) is 4.98 Å². The van der Waals surface area contributed by atoms with Crippen molar-refractivity contribution in [1.82, 2.24) is 15.5 Å². The monoisotopic (exact) mass is 251 g/mol. The minimum Gasteiger partial charge on any atom is -0.339 e. The van der Waals surface area contributed by atoms with Gasteiger partial charge in [-0.1, -0.05) is 38.8 Å². The summed E-state index contributed by atoms with van der Waals surface area (Å²) < 4.78 is 5.40. The second kappa shape index (κ2) is 5.39. The van der Waals surface area contributed by atoms with Crippen LogP contribution >= 0.6 is 0 Å². The number of nitrogens with one attached hydrogen (secondary N) is 1. The Morgan fingerprint density at radius 2 is 2.00 bits per heavy atom. The molecule has 0 bridgehead atoms. The summed E-state index contributed by atoms with van der Waals surface area (Å²) in [6, 6.07) is 0.601. The Hall–Kier alpha value is -0.900. The van der Waals surface area contributed by atoms with Crippen LogP contribution in [0.2, 0.25) is 0 Å². The highest BCUT2D eigenvalue weighted by atomic mass is 16.5. The van der Waals surface area contributed by atoms with Crippen molar-refractivity contribution in [3.05, 3.63) is 11.7 Å². The van der Waals surface area contributed by atoms with E-state index in [1.807, 2.05) is 0 Å². The zero-order valence-corrected chi connectivity index (χ0v) is 12.0. The molecule has 1 saturated carbocycles. The normalized spacial score (nSPS) is 25.3. The van der Waals surface area contributed by atoms with Crippen molar-refractivity contribution in [2.75, 3.05) is 7.05 Å². The van der Waals surface area contributed by atoms with Crippen LogP contribution in [-0.2, 0) is 11.8 Å². The van der Waals surface area contributed by atoms with Crippen molar-refractivity contribution in [3.63, 3.8) is 0 Å². The molecule has 0 amide bonds. The molecule has 2 rings (SSSR count). The van der Waals surface area contributed by atoms with Crippen molar-refractivity contribution in [2.45, 2.75) is 64.3 Å². The predicted molar refractivity (Wildman–Crippen MR) is 71.5 cm³/mol. The van der Waals surface area contributed by atoms with Crippen LogP contribution in [0.25, 0.3) is 0 Å². The van der Waals surface area contributed by atoms with Gasteiger partial charge < -0.3 is 9.84 Å². The van der Waals surface area contributed by atoms with Crippen LogP contribution < -0.4 is 5.32 Å². The molecular weight excluding hydrogens is 226 g/mol. The second-order valence-corrected chi connectivity index (χ2v) is 6.41. The first kappa shape index (κ1) is 13.5. The lowest BCUT2D eigenvalue weighted by molar-refractivity contribution is 0.248. The summed E-state index contributed by atoms with van der Waals surface area (Å²) in [7, 11) is 2.05. The molecule has 2 unspecified atom stereocenters. The van der Waals surface area contributed by atoms with Gasteiger partial charge in [-0.05, 0) is 25.8 Å². The summed E-state index contributed by atoms with van der Waals surface area (Å²) in [6.45, 7) is 6.33. The number of aromatic nitrogens is 2. The van der Waals surface area contributed by atoms with Crippen LogP contribution in [0.15, 0.2) is 4.52 Å². The average Bonchev–Trinajstić information content (AvgIpc) is 2.78. The zero-order valence-electron chi connectivity index (χ0n) is 12.0. The van der Waals surface area contributed by atoms with E-state index in [0.717, 1.165) is 18.1 Å². The highest BCUT2D eigenvalue weighted by Crippen LogP contribution is 2.27. The Morgan fingerprint density at radius 1 is 1.28 bits per heavy atom. The smallest absolute Gasteiger partial charge is 0.226 e. The molecule has 1 fully saturated rings. The van der Waals surface area contributed by atoms with Crippen molar-refractivity contribution < 1.29 is 4.52 Å². The zero-order chi connectivity index (χ0) is 13.2. The van der Waals surface area contributed by atoms with Crippen LogP contribution in [0.1, 0.15) is 58.2 Å². The Balaban J connectivity index is 2.02. The molecule has 1 aromatic rings. The summed E-state index contributed by atoms with van der Waals surface area (Å²) in [4.78, 5) is 4.54. The van der Waals surface area contributed by atoms with E-state index in [2.05, 4.69) is 43.3 Å². The van der Waals surface area contributed by atoms with Gasteiger partial charge in [-0.15, -0.1) is 0 Å². The van der Waals surface area contributed by atoms with Crippen LogP contribution in [0, 0.1) is 5.92 Å². The maximum atomic E-state index is 5.40. The fraction of sp³-hybridized carbons (Fsp3) is 0.857. The van der Waals surface area contributed by atoms with Gasteiger partial charge in [-0.25, -0.2) is 0 Å². The molecule has 1 aliphatic carbocycles. The van der Waals surface area contributed by atoms with Gasteiger partial charge in [0.1, 0.15) is 0 Å². The van der Waals surface area contributed by atoms with Gasteiger partial charge in [0, 0.05) is 17.9 Å². The molecule has 102 valence electrons. The first-order valence-corrected chi connectivity index (χ1v) is 7.01. The summed E-state index contributed by atoms with van der Waals surface area (Å²) >= 11 is 0. The predicted octanol–water partition coefficient (Wildman–Crippen LogP) is 2.69. The molecule has 0 aliphatic heterocycles. The number of rotatable bonds is 3. The second-order valence-electron chi connectivity index (χ2n) is 6.41. The number of hydrogen-bond acceptors (Lipinski definition) is 4. The summed E-state index contributed by atoms with van der Waals surface area (Å²) in [5, 5.41) is 7.52. The van der Waals surface area contributed by atoms with E-state index in [9.17, 15) is 0 Å². The molecule has 0 radical (unpaired) electrons. The lowest BCUT2D eigenvalue weighted by Crippen LogP contribution is -2.37. The Labute approximate surface area is 110 Å². The number of hydrogen-bond donors (Lipinski definition) is 1. The highest BCUT2D eigenvalue weighted by molar-refractivity contribution is 5.01. The summed E-state index contributed by atoms with van der Waals surface area (Å²) in [6.07, 6.45) is 6.09. The summed E-state index contributed by atoms with van der Waals surface area (Å²) in [5.74, 6) is 2.25. The van der Waals surface area contributed by atoms with E-state index in [0.29, 0.717) is 12.0 Å². The van der Waals surface area contributed by atoms with Crippen LogP contribution in [0.3, 0.4) is 0 Å². The molecule has 2 atom stereocenters. The summed E-state index contributed by atoms with van der Waals surface area (Å²) in [5.41, 5.74) is -0.0310. The van der Waals surface area contributed by atoms with E-state index in [1.165, 1.54) is 25.7 Å². The van der Waals surface area contributed by atoms with E-state index < -0.39 is 0 Å². The molecule has 1 aliphatic rings. The molecule has 1 aromatic heterocycles. The van der Waals surface area contributed by atoms with Crippen molar-refractivity contribution in [3.8, 4) is 0 Å². The molecule has 18 heavy (non-hydrogen) atoms. The molecule has 1 heterocycles. The highest BCUT2D eigenvalue weighted by Gasteiger charge is 2.27. The van der Waals surface area contributed by atoms with Crippen molar-refractivity contribution in [1.29, 1.82) is 0 Å². The van der Waals surface area contributed by atoms with E-state index in [4.69, 9.17) is 4.52 Å². The Morgan fingerprint density at radius 3 is 2.61 bits per heavy atom. The molecular formula is C14H25N3O. The molecule has 4 nitrogen and oxygen atoms in total. The standard InChI is InChI=1S/C14H25N3O/c1-14(2,3)13-16-12(18-17-13)9-10-7-5-6-8-11(10)15-4/h10-11,15H,5-9H2,1-4H3. The fourth-order valence-corrected chi connectivity index (χ4v) is 2.70. The first-order valence-electron chi connectivity index (χ1n) is 7.01. The van der Waals surface area contributed by atoms with Gasteiger partial charge in [-0.3, -0.25) is 0 Å². The van der Waals surface area contributed by atoms with Gasteiger partial charge in [0.05, 0.1) is 0 Å². The maximum Gasteiger partial charge on any atom is 0.226 e. The minimum atomic E-state index is -0.0310. The van der Waals surface area contributed by atoms with Gasteiger partial charge in [0.15, 0.2) is 5.82 Å². The van der Waals surface area contributed by atoms with Crippen LogP contribution in [0.5, 0.6) is 0 Å². The third-order valence-corrected chi connectivity index (χ3v) is 3.86. The topological polar surface area (TPSA) is 51.0 Å². The lowest BCUT2D eigenvalue weighted by Gasteiger charge is -2.30. The maximum absolute atomic E-state index is 5.40. The van der Waals surface area contributed by atoms with Crippen molar-refractivity contribution >= 4 is 0 Å². The number of nitrogens with zero attached hydrogens (tertiary/aromatic N) is 2. The van der Waals surface area contributed by atoms with E-state index in [-0.39, 0.29) is 5.41 Å². The third-order valence-electron chi connectivity index (χ3n) is 3.86. The third kappa shape index (κ3) is 3.10.